The lowest BCUT2D eigenvalue weighted by Crippen LogP contribution is -2.31. The quantitative estimate of drug-likeness (QED) is 0.727. The minimum atomic E-state index is -0.0133. The number of amides is 1. The summed E-state index contributed by atoms with van der Waals surface area (Å²) in [6.07, 6.45) is 0.994. The number of carbonyl (C=O) groups is 1. The van der Waals surface area contributed by atoms with Crippen LogP contribution in [0.3, 0.4) is 0 Å². The van der Waals surface area contributed by atoms with E-state index in [1.54, 1.807) is 6.07 Å². The Labute approximate surface area is 114 Å². The van der Waals surface area contributed by atoms with E-state index in [1.165, 1.54) is 18.1 Å². The second-order valence-corrected chi connectivity index (χ2v) is 5.36. The standard InChI is InChI=1S/C15H22N2O2/c1-9-4-5-13(19)15-12(8-10(2)14(9)15)17-7-6-16-11(3)18/h4-5,10,12,17,19H,6-8H2,1-3H3,(H,16,18). The molecule has 0 heterocycles. The molecule has 2 rings (SSSR count). The predicted octanol–water partition coefficient (Wildman–Crippen LogP) is 1.97. The number of benzene rings is 1. The molecule has 4 heteroatoms. The zero-order chi connectivity index (χ0) is 14.0. The molecule has 1 aliphatic carbocycles. The molecule has 0 saturated carbocycles. The van der Waals surface area contributed by atoms with Crippen LogP contribution in [0.2, 0.25) is 0 Å². The Kier molecular flexibility index (Phi) is 4.10. The van der Waals surface area contributed by atoms with E-state index in [0.29, 0.717) is 24.8 Å². The Hall–Kier alpha value is -1.55. The summed E-state index contributed by atoms with van der Waals surface area (Å²) in [6, 6.07) is 3.93. The summed E-state index contributed by atoms with van der Waals surface area (Å²) in [4.78, 5) is 10.8. The van der Waals surface area contributed by atoms with Crippen molar-refractivity contribution in [3.63, 3.8) is 0 Å². The van der Waals surface area contributed by atoms with Crippen LogP contribution in [0.4, 0.5) is 0 Å². The number of aryl methyl sites for hydroxylation is 1. The molecule has 0 aromatic heterocycles. The van der Waals surface area contributed by atoms with E-state index in [4.69, 9.17) is 0 Å². The fraction of sp³-hybridized carbons (Fsp3) is 0.533. The second-order valence-electron chi connectivity index (χ2n) is 5.36. The van der Waals surface area contributed by atoms with E-state index in [0.717, 1.165) is 12.0 Å². The third-order valence-electron chi connectivity index (χ3n) is 3.80. The van der Waals surface area contributed by atoms with Gasteiger partial charge in [-0.1, -0.05) is 13.0 Å². The minimum absolute atomic E-state index is 0.0133. The van der Waals surface area contributed by atoms with Crippen LogP contribution in [0.15, 0.2) is 12.1 Å². The van der Waals surface area contributed by atoms with Crippen LogP contribution in [0, 0.1) is 6.92 Å². The average molecular weight is 262 g/mol. The van der Waals surface area contributed by atoms with Crippen molar-refractivity contribution in [2.24, 2.45) is 0 Å². The van der Waals surface area contributed by atoms with Crippen molar-refractivity contribution in [2.75, 3.05) is 13.1 Å². The topological polar surface area (TPSA) is 61.4 Å². The molecule has 19 heavy (non-hydrogen) atoms. The molecule has 2 unspecified atom stereocenters. The van der Waals surface area contributed by atoms with Gasteiger partial charge in [0, 0.05) is 31.6 Å². The Morgan fingerprint density at radius 3 is 2.79 bits per heavy atom. The van der Waals surface area contributed by atoms with Crippen LogP contribution in [-0.2, 0) is 4.79 Å². The first-order chi connectivity index (χ1) is 9.00. The highest BCUT2D eigenvalue weighted by Gasteiger charge is 2.31. The summed E-state index contributed by atoms with van der Waals surface area (Å²) in [5.74, 6) is 0.822. The monoisotopic (exact) mass is 262 g/mol. The van der Waals surface area contributed by atoms with Crippen molar-refractivity contribution < 1.29 is 9.90 Å². The molecule has 0 radical (unpaired) electrons. The van der Waals surface area contributed by atoms with Gasteiger partial charge in [-0.3, -0.25) is 4.79 Å². The number of hydrogen-bond acceptors (Lipinski definition) is 3. The minimum Gasteiger partial charge on any atom is -0.508 e. The van der Waals surface area contributed by atoms with Gasteiger partial charge in [0.1, 0.15) is 5.75 Å². The predicted molar refractivity (Wildman–Crippen MR) is 75.3 cm³/mol. The first-order valence-corrected chi connectivity index (χ1v) is 6.81. The molecular formula is C15H22N2O2. The zero-order valence-corrected chi connectivity index (χ0v) is 11.8. The van der Waals surface area contributed by atoms with Gasteiger partial charge >= 0.3 is 0 Å². The third kappa shape index (κ3) is 2.89. The summed E-state index contributed by atoms with van der Waals surface area (Å²) < 4.78 is 0. The maximum atomic E-state index is 10.8. The Morgan fingerprint density at radius 2 is 2.11 bits per heavy atom. The number of hydrogen-bond donors (Lipinski definition) is 3. The summed E-state index contributed by atoms with van der Waals surface area (Å²) >= 11 is 0. The number of fused-ring (bicyclic) bond motifs is 1. The molecule has 0 bridgehead atoms. The maximum Gasteiger partial charge on any atom is 0.216 e. The van der Waals surface area contributed by atoms with E-state index in [2.05, 4.69) is 24.5 Å². The van der Waals surface area contributed by atoms with Crippen LogP contribution < -0.4 is 10.6 Å². The highest BCUT2D eigenvalue weighted by atomic mass is 16.3. The first kappa shape index (κ1) is 13.9. The van der Waals surface area contributed by atoms with Crippen molar-refractivity contribution in [3.8, 4) is 5.75 Å². The average Bonchev–Trinajstić information content (AvgIpc) is 2.68. The first-order valence-electron chi connectivity index (χ1n) is 6.81. The third-order valence-corrected chi connectivity index (χ3v) is 3.80. The van der Waals surface area contributed by atoms with E-state index in [-0.39, 0.29) is 11.9 Å². The molecule has 1 aromatic rings. The number of nitrogens with one attached hydrogen (secondary N) is 2. The van der Waals surface area contributed by atoms with E-state index < -0.39 is 0 Å². The number of rotatable bonds is 4. The molecule has 104 valence electrons. The van der Waals surface area contributed by atoms with E-state index in [9.17, 15) is 9.90 Å². The zero-order valence-electron chi connectivity index (χ0n) is 11.8. The Morgan fingerprint density at radius 1 is 1.37 bits per heavy atom. The molecule has 4 nitrogen and oxygen atoms in total. The molecule has 1 aromatic carbocycles. The van der Waals surface area contributed by atoms with E-state index in [1.807, 2.05) is 6.07 Å². The molecule has 2 atom stereocenters. The SMILES string of the molecule is CC(=O)NCCNC1CC(C)c2c(C)ccc(O)c21. The van der Waals surface area contributed by atoms with Gasteiger partial charge in [0.05, 0.1) is 0 Å². The van der Waals surface area contributed by atoms with Crippen molar-refractivity contribution >= 4 is 5.91 Å². The molecule has 0 aliphatic heterocycles. The largest absolute Gasteiger partial charge is 0.508 e. The highest BCUT2D eigenvalue weighted by molar-refractivity contribution is 5.72. The summed E-state index contributed by atoms with van der Waals surface area (Å²) in [7, 11) is 0. The van der Waals surface area contributed by atoms with Gasteiger partial charge in [0.15, 0.2) is 0 Å². The molecule has 0 saturated heterocycles. The fourth-order valence-corrected chi connectivity index (χ4v) is 3.01. The van der Waals surface area contributed by atoms with Gasteiger partial charge in [0.25, 0.3) is 0 Å². The van der Waals surface area contributed by atoms with Gasteiger partial charge < -0.3 is 15.7 Å². The van der Waals surface area contributed by atoms with Gasteiger partial charge in [-0.25, -0.2) is 0 Å². The maximum absolute atomic E-state index is 10.8. The molecule has 3 N–H and O–H groups in total. The van der Waals surface area contributed by atoms with Gasteiger partial charge in [-0.2, -0.15) is 0 Å². The van der Waals surface area contributed by atoms with Gasteiger partial charge in [0.2, 0.25) is 5.91 Å². The lowest BCUT2D eigenvalue weighted by molar-refractivity contribution is -0.118. The molecular weight excluding hydrogens is 240 g/mol. The summed E-state index contributed by atoms with van der Waals surface area (Å²) in [5, 5.41) is 16.3. The normalized spacial score (nSPS) is 21.2. The number of phenolic OH excluding ortho intramolecular Hbond substituents is 1. The fourth-order valence-electron chi connectivity index (χ4n) is 3.01. The summed E-state index contributed by atoms with van der Waals surface area (Å²) in [6.45, 7) is 7.13. The lowest BCUT2D eigenvalue weighted by atomic mass is 9.97. The van der Waals surface area contributed by atoms with Crippen LogP contribution >= 0.6 is 0 Å². The Bertz CT molecular complexity index is 485. The number of phenols is 1. The highest BCUT2D eigenvalue weighted by Crippen LogP contribution is 2.45. The van der Waals surface area contributed by atoms with Crippen molar-refractivity contribution in [1.29, 1.82) is 0 Å². The molecule has 0 fully saturated rings. The van der Waals surface area contributed by atoms with Gasteiger partial charge in [-0.15, -0.1) is 0 Å². The van der Waals surface area contributed by atoms with Crippen molar-refractivity contribution in [3.05, 3.63) is 28.8 Å². The molecule has 0 spiro atoms. The van der Waals surface area contributed by atoms with Crippen molar-refractivity contribution in [2.45, 2.75) is 39.2 Å². The number of carbonyl (C=O) groups excluding carboxylic acids is 1. The Balaban J connectivity index is 2.07. The molecule has 1 aliphatic rings. The van der Waals surface area contributed by atoms with Crippen LogP contribution in [0.5, 0.6) is 5.75 Å². The second kappa shape index (κ2) is 5.61. The number of aromatic hydroxyl groups is 1. The van der Waals surface area contributed by atoms with E-state index >= 15 is 0 Å². The smallest absolute Gasteiger partial charge is 0.216 e. The molecule has 1 amide bonds. The van der Waals surface area contributed by atoms with Gasteiger partial charge in [-0.05, 0) is 36.5 Å². The van der Waals surface area contributed by atoms with Crippen LogP contribution in [-0.4, -0.2) is 24.1 Å². The van der Waals surface area contributed by atoms with Crippen LogP contribution in [0.1, 0.15) is 48.9 Å². The summed E-state index contributed by atoms with van der Waals surface area (Å²) in [5.41, 5.74) is 3.55. The van der Waals surface area contributed by atoms with Crippen LogP contribution in [0.25, 0.3) is 0 Å². The van der Waals surface area contributed by atoms with Crippen molar-refractivity contribution in [1.82, 2.24) is 10.6 Å². The lowest BCUT2D eigenvalue weighted by Gasteiger charge is -2.16.